The van der Waals surface area contributed by atoms with E-state index in [1.54, 1.807) is 11.9 Å². The van der Waals surface area contributed by atoms with Crippen LogP contribution in [0.1, 0.15) is 12.0 Å². The molecule has 0 bridgehead atoms. The maximum absolute atomic E-state index is 12.2. The Bertz CT molecular complexity index is 1020. The summed E-state index contributed by atoms with van der Waals surface area (Å²) in [5, 5.41) is 5.31. The normalized spacial score (nSPS) is 13.0. The molecular weight excluding hydrogens is 374 g/mol. The minimum atomic E-state index is -0.0886. The smallest absolute Gasteiger partial charge is 0.264 e. The Morgan fingerprint density at radius 3 is 2.89 bits per heavy atom. The molecule has 0 fully saturated rings. The number of likely N-dealkylation sites (N-methyl/N-ethyl adjacent to an activating group) is 1. The fourth-order valence-electron chi connectivity index (χ4n) is 2.98. The Kier molecular flexibility index (Phi) is 5.08. The number of anilines is 2. The van der Waals surface area contributed by atoms with Gasteiger partial charge in [-0.15, -0.1) is 11.3 Å². The van der Waals surface area contributed by atoms with Crippen LogP contribution in [-0.2, 0) is 16.0 Å². The zero-order chi connectivity index (χ0) is 19.5. The Morgan fingerprint density at radius 1 is 1.25 bits per heavy atom. The molecule has 2 amide bonds. The second-order valence-electron chi connectivity index (χ2n) is 6.50. The third kappa shape index (κ3) is 3.89. The van der Waals surface area contributed by atoms with Gasteiger partial charge >= 0.3 is 0 Å². The Balaban J connectivity index is 1.43. The zero-order valence-electron chi connectivity index (χ0n) is 15.3. The van der Waals surface area contributed by atoms with Crippen LogP contribution in [0.2, 0.25) is 0 Å². The lowest BCUT2D eigenvalue weighted by Crippen LogP contribution is -2.35. The van der Waals surface area contributed by atoms with Gasteiger partial charge in [0.05, 0.1) is 11.4 Å². The molecule has 0 atom stereocenters. The van der Waals surface area contributed by atoms with E-state index in [-0.39, 0.29) is 18.4 Å². The van der Waals surface area contributed by atoms with Gasteiger partial charge in [0.25, 0.3) is 5.91 Å². The van der Waals surface area contributed by atoms with Crippen molar-refractivity contribution in [3.8, 4) is 17.0 Å². The first-order valence-electron chi connectivity index (χ1n) is 8.93. The van der Waals surface area contributed by atoms with Crippen molar-refractivity contribution in [2.45, 2.75) is 12.8 Å². The first-order chi connectivity index (χ1) is 13.6. The molecule has 0 saturated carbocycles. The van der Waals surface area contributed by atoms with Crippen molar-refractivity contribution in [3.63, 3.8) is 0 Å². The molecule has 1 aromatic heterocycles. The van der Waals surface area contributed by atoms with Gasteiger partial charge in [-0.25, -0.2) is 4.98 Å². The van der Waals surface area contributed by atoms with Crippen LogP contribution < -0.4 is 15.0 Å². The van der Waals surface area contributed by atoms with Crippen LogP contribution in [0, 0.1) is 0 Å². The predicted octanol–water partition coefficient (Wildman–Crippen LogP) is 3.74. The second-order valence-corrected chi connectivity index (χ2v) is 7.35. The number of ether oxygens (including phenoxy) is 1. The van der Waals surface area contributed by atoms with E-state index in [2.05, 4.69) is 10.3 Å². The highest BCUT2D eigenvalue weighted by atomic mass is 32.1. The van der Waals surface area contributed by atoms with Gasteiger partial charge in [0, 0.05) is 24.4 Å². The fourth-order valence-corrected chi connectivity index (χ4v) is 3.72. The highest BCUT2D eigenvalue weighted by molar-refractivity contribution is 7.14. The molecule has 1 N–H and O–H groups in total. The van der Waals surface area contributed by atoms with Gasteiger partial charge in [0.15, 0.2) is 11.7 Å². The summed E-state index contributed by atoms with van der Waals surface area (Å²) in [6, 6.07) is 15.5. The number of hydrogen-bond donors (Lipinski definition) is 1. The number of thiazole rings is 1. The van der Waals surface area contributed by atoms with Gasteiger partial charge in [-0.1, -0.05) is 30.3 Å². The SMILES string of the molecule is CN1C(=O)COc2ccc(-c3csc(NC(=O)CCc4ccccc4)n3)cc21. The van der Waals surface area contributed by atoms with Gasteiger partial charge in [0.1, 0.15) is 5.75 Å². The summed E-state index contributed by atoms with van der Waals surface area (Å²) >= 11 is 1.38. The minimum Gasteiger partial charge on any atom is -0.482 e. The first kappa shape index (κ1) is 18.2. The average Bonchev–Trinajstić information content (AvgIpc) is 3.18. The topological polar surface area (TPSA) is 71.5 Å². The Labute approximate surface area is 166 Å². The van der Waals surface area contributed by atoms with E-state index >= 15 is 0 Å². The van der Waals surface area contributed by atoms with E-state index in [1.807, 2.05) is 53.9 Å². The number of carbonyl (C=O) groups excluding carboxylic acids is 2. The number of carbonyl (C=O) groups is 2. The lowest BCUT2D eigenvalue weighted by molar-refractivity contribution is -0.121. The van der Waals surface area contributed by atoms with Crippen molar-refractivity contribution in [2.75, 3.05) is 23.9 Å². The number of aromatic nitrogens is 1. The second kappa shape index (κ2) is 7.82. The largest absolute Gasteiger partial charge is 0.482 e. The van der Waals surface area contributed by atoms with E-state index < -0.39 is 0 Å². The third-order valence-electron chi connectivity index (χ3n) is 4.58. The summed E-state index contributed by atoms with van der Waals surface area (Å²) in [5.41, 5.74) is 3.46. The number of hydrogen-bond acceptors (Lipinski definition) is 5. The summed E-state index contributed by atoms with van der Waals surface area (Å²) < 4.78 is 5.45. The molecule has 2 aromatic carbocycles. The van der Waals surface area contributed by atoms with Crippen molar-refractivity contribution in [1.82, 2.24) is 4.98 Å². The number of nitrogens with one attached hydrogen (secondary N) is 1. The summed E-state index contributed by atoms with van der Waals surface area (Å²) in [6.07, 6.45) is 1.10. The van der Waals surface area contributed by atoms with Crippen LogP contribution in [0.5, 0.6) is 5.75 Å². The molecule has 0 saturated heterocycles. The molecule has 0 aliphatic carbocycles. The number of benzene rings is 2. The van der Waals surface area contributed by atoms with Crippen LogP contribution in [0.15, 0.2) is 53.9 Å². The molecule has 0 spiro atoms. The molecule has 0 radical (unpaired) electrons. The molecule has 7 heteroatoms. The first-order valence-corrected chi connectivity index (χ1v) is 9.81. The van der Waals surface area contributed by atoms with E-state index in [4.69, 9.17) is 4.74 Å². The van der Waals surface area contributed by atoms with Crippen molar-refractivity contribution >= 4 is 34.0 Å². The number of aryl methyl sites for hydroxylation is 1. The minimum absolute atomic E-state index is 0.0543. The van der Waals surface area contributed by atoms with Gasteiger partial charge in [-0.3, -0.25) is 9.59 Å². The van der Waals surface area contributed by atoms with Gasteiger partial charge < -0.3 is 15.0 Å². The third-order valence-corrected chi connectivity index (χ3v) is 5.33. The Hall–Kier alpha value is -3.19. The molecule has 1 aliphatic rings. The molecular formula is C21H19N3O3S. The van der Waals surface area contributed by atoms with Crippen molar-refractivity contribution in [3.05, 3.63) is 59.5 Å². The predicted molar refractivity (Wildman–Crippen MR) is 110 cm³/mol. The Morgan fingerprint density at radius 2 is 2.07 bits per heavy atom. The van der Waals surface area contributed by atoms with Crippen LogP contribution >= 0.6 is 11.3 Å². The quantitative estimate of drug-likeness (QED) is 0.717. The average molecular weight is 393 g/mol. The molecule has 0 unspecified atom stereocenters. The van der Waals surface area contributed by atoms with Crippen molar-refractivity contribution < 1.29 is 14.3 Å². The zero-order valence-corrected chi connectivity index (χ0v) is 16.2. The van der Waals surface area contributed by atoms with Crippen LogP contribution in [0.4, 0.5) is 10.8 Å². The molecule has 6 nitrogen and oxygen atoms in total. The number of rotatable bonds is 5. The number of fused-ring (bicyclic) bond motifs is 1. The molecule has 1 aliphatic heterocycles. The summed E-state index contributed by atoms with van der Waals surface area (Å²) in [7, 11) is 1.73. The van der Waals surface area contributed by atoms with Crippen LogP contribution in [0.3, 0.4) is 0 Å². The summed E-state index contributed by atoms with van der Waals surface area (Å²) in [6.45, 7) is 0.0543. The van der Waals surface area contributed by atoms with Gasteiger partial charge in [-0.2, -0.15) is 0 Å². The molecule has 4 rings (SSSR count). The molecule has 28 heavy (non-hydrogen) atoms. The summed E-state index contributed by atoms with van der Waals surface area (Å²) in [4.78, 5) is 30.1. The monoisotopic (exact) mass is 393 g/mol. The van der Waals surface area contributed by atoms with Crippen molar-refractivity contribution in [1.29, 1.82) is 0 Å². The van der Waals surface area contributed by atoms with E-state index in [0.29, 0.717) is 23.7 Å². The maximum Gasteiger partial charge on any atom is 0.264 e. The molecule has 2 heterocycles. The van der Waals surface area contributed by atoms with Crippen LogP contribution in [0.25, 0.3) is 11.3 Å². The molecule has 3 aromatic rings. The van der Waals surface area contributed by atoms with Gasteiger partial charge in [0.2, 0.25) is 5.91 Å². The standard InChI is InChI=1S/C21H19N3O3S/c1-24-17-11-15(8-9-18(17)27-12-20(24)26)16-13-28-21(22-16)23-19(25)10-7-14-5-3-2-4-6-14/h2-6,8-9,11,13H,7,10,12H2,1H3,(H,22,23,25). The molecule has 142 valence electrons. The fraction of sp³-hybridized carbons (Fsp3) is 0.190. The van der Waals surface area contributed by atoms with E-state index in [9.17, 15) is 9.59 Å². The number of amides is 2. The maximum atomic E-state index is 12.2. The van der Waals surface area contributed by atoms with Crippen molar-refractivity contribution in [2.24, 2.45) is 0 Å². The van der Waals surface area contributed by atoms with E-state index in [0.717, 1.165) is 22.5 Å². The highest BCUT2D eigenvalue weighted by Crippen LogP contribution is 2.36. The lowest BCUT2D eigenvalue weighted by atomic mass is 10.1. The lowest BCUT2D eigenvalue weighted by Gasteiger charge is -2.26. The number of nitrogens with zero attached hydrogens (tertiary/aromatic N) is 2. The summed E-state index contributed by atoms with van der Waals surface area (Å²) in [5.74, 6) is 0.527. The van der Waals surface area contributed by atoms with Gasteiger partial charge in [-0.05, 0) is 30.2 Å². The van der Waals surface area contributed by atoms with Crippen LogP contribution in [-0.4, -0.2) is 30.5 Å². The van der Waals surface area contributed by atoms with E-state index in [1.165, 1.54) is 11.3 Å². The highest BCUT2D eigenvalue weighted by Gasteiger charge is 2.23.